The predicted molar refractivity (Wildman–Crippen MR) is 118 cm³/mol. The van der Waals surface area contributed by atoms with E-state index >= 15 is 0 Å². The average Bonchev–Trinajstić information content (AvgIpc) is 3.11. The number of amides is 1. The van der Waals surface area contributed by atoms with E-state index in [1.807, 2.05) is 65.5 Å². The number of nitrogens with one attached hydrogen (secondary N) is 1. The molecule has 2 aromatic carbocycles. The molecule has 0 radical (unpaired) electrons. The van der Waals surface area contributed by atoms with Gasteiger partial charge in [0.2, 0.25) is 5.91 Å². The zero-order chi connectivity index (χ0) is 22.1. The number of hydrogen-bond acceptors (Lipinski definition) is 5. The van der Waals surface area contributed by atoms with E-state index in [1.165, 1.54) is 6.07 Å². The molecular weight excluding hydrogens is 396 g/mol. The number of carbonyl (C=O) groups is 1. The van der Waals surface area contributed by atoms with E-state index in [1.54, 1.807) is 14.2 Å². The molecule has 31 heavy (non-hydrogen) atoms. The number of fused-ring (bicyclic) bond motifs is 3. The van der Waals surface area contributed by atoms with Crippen LogP contribution in [0, 0.1) is 6.92 Å². The lowest BCUT2D eigenvalue weighted by atomic mass is 10.1. The van der Waals surface area contributed by atoms with Gasteiger partial charge in [-0.2, -0.15) is 4.98 Å². The summed E-state index contributed by atoms with van der Waals surface area (Å²) in [4.78, 5) is 29.3. The number of hydrogen-bond donors (Lipinski definition) is 1. The van der Waals surface area contributed by atoms with Gasteiger partial charge in [-0.1, -0.05) is 24.3 Å². The molecule has 4 aromatic rings. The highest BCUT2D eigenvalue weighted by molar-refractivity contribution is 5.94. The van der Waals surface area contributed by atoms with Crippen LogP contribution in [0.3, 0.4) is 0 Å². The second-order valence-electron chi connectivity index (χ2n) is 7.28. The summed E-state index contributed by atoms with van der Waals surface area (Å²) in [6.45, 7) is 3.94. The smallest absolute Gasteiger partial charge is 0.273 e. The number of benzene rings is 2. The van der Waals surface area contributed by atoms with Crippen LogP contribution in [0.2, 0.25) is 0 Å². The first-order chi connectivity index (χ1) is 15.0. The SMILES string of the molecule is COc1cccc(CNC(=O)[C@@H](C)n2c3ccccc3c3nc(=O)cc(C)n32)c1OC. The Bertz CT molecular complexity index is 1340. The maximum atomic E-state index is 13.1. The second-order valence-corrected chi connectivity index (χ2v) is 7.28. The van der Waals surface area contributed by atoms with Gasteiger partial charge >= 0.3 is 0 Å². The number of methoxy groups -OCH3 is 2. The first kappa shape index (κ1) is 20.5. The molecule has 0 fully saturated rings. The molecule has 1 N–H and O–H groups in total. The zero-order valence-corrected chi connectivity index (χ0v) is 17.9. The van der Waals surface area contributed by atoms with Gasteiger partial charge in [0.15, 0.2) is 17.1 Å². The van der Waals surface area contributed by atoms with Gasteiger partial charge in [-0.3, -0.25) is 14.3 Å². The van der Waals surface area contributed by atoms with Crippen LogP contribution >= 0.6 is 0 Å². The molecule has 0 unspecified atom stereocenters. The Balaban J connectivity index is 1.71. The first-order valence-electron chi connectivity index (χ1n) is 9.93. The minimum absolute atomic E-state index is 0.175. The van der Waals surface area contributed by atoms with Crippen molar-refractivity contribution >= 4 is 22.5 Å². The molecule has 0 saturated heterocycles. The summed E-state index contributed by atoms with van der Waals surface area (Å²) in [5.74, 6) is 1.02. The second kappa shape index (κ2) is 8.14. The molecule has 1 amide bonds. The summed E-state index contributed by atoms with van der Waals surface area (Å²) in [6, 6.07) is 14.1. The number of rotatable bonds is 6. The monoisotopic (exact) mass is 420 g/mol. The summed E-state index contributed by atoms with van der Waals surface area (Å²) in [7, 11) is 3.14. The normalized spacial score (nSPS) is 12.1. The van der Waals surface area contributed by atoms with Crippen molar-refractivity contribution in [2.75, 3.05) is 14.2 Å². The lowest BCUT2D eigenvalue weighted by Gasteiger charge is -2.19. The number of para-hydroxylation sites is 2. The van der Waals surface area contributed by atoms with Gasteiger partial charge in [0.25, 0.3) is 5.56 Å². The van der Waals surface area contributed by atoms with Crippen LogP contribution in [0.4, 0.5) is 0 Å². The Morgan fingerprint density at radius 1 is 1.13 bits per heavy atom. The van der Waals surface area contributed by atoms with Crippen LogP contribution in [0.1, 0.15) is 24.2 Å². The van der Waals surface area contributed by atoms with Gasteiger partial charge in [-0.15, -0.1) is 0 Å². The van der Waals surface area contributed by atoms with E-state index in [-0.39, 0.29) is 18.0 Å². The standard InChI is InChI=1S/C23H24N4O4/c1-14-12-20(28)25-22-17-9-5-6-10-18(17)27(26(14)22)15(2)23(29)24-13-16-8-7-11-19(30-3)21(16)31-4/h5-12,15H,13H2,1-4H3,(H,24,29)/t15-/m1/s1. The average molecular weight is 420 g/mol. The molecule has 0 aliphatic carbocycles. The van der Waals surface area contributed by atoms with Crippen LogP contribution in [-0.2, 0) is 11.3 Å². The zero-order valence-electron chi connectivity index (χ0n) is 17.9. The van der Waals surface area contributed by atoms with E-state index in [9.17, 15) is 9.59 Å². The maximum Gasteiger partial charge on any atom is 0.273 e. The maximum absolute atomic E-state index is 13.1. The van der Waals surface area contributed by atoms with Crippen molar-refractivity contribution in [3.63, 3.8) is 0 Å². The number of nitrogens with zero attached hydrogens (tertiary/aromatic N) is 3. The fourth-order valence-corrected chi connectivity index (χ4v) is 3.92. The van der Waals surface area contributed by atoms with E-state index in [2.05, 4.69) is 10.3 Å². The molecule has 2 aromatic heterocycles. The van der Waals surface area contributed by atoms with Gasteiger partial charge in [0.05, 0.1) is 19.7 Å². The largest absolute Gasteiger partial charge is 0.493 e. The highest BCUT2D eigenvalue weighted by Crippen LogP contribution is 2.31. The van der Waals surface area contributed by atoms with Crippen molar-refractivity contribution in [3.05, 3.63) is 70.1 Å². The third-order valence-electron chi connectivity index (χ3n) is 5.37. The molecule has 4 rings (SSSR count). The molecular formula is C23H24N4O4. The van der Waals surface area contributed by atoms with Crippen LogP contribution in [0.15, 0.2) is 53.3 Å². The van der Waals surface area contributed by atoms with Crippen molar-refractivity contribution in [1.29, 1.82) is 0 Å². The molecule has 0 saturated carbocycles. The molecule has 0 aliphatic rings. The van der Waals surface area contributed by atoms with Gasteiger partial charge < -0.3 is 14.8 Å². The topological polar surface area (TPSA) is 86.9 Å². The van der Waals surface area contributed by atoms with Crippen molar-refractivity contribution in [3.8, 4) is 11.5 Å². The number of aryl methyl sites for hydroxylation is 1. The Morgan fingerprint density at radius 3 is 2.65 bits per heavy atom. The summed E-state index contributed by atoms with van der Waals surface area (Å²) < 4.78 is 14.5. The Labute approximate surface area is 179 Å². The minimum Gasteiger partial charge on any atom is -0.493 e. The fourth-order valence-electron chi connectivity index (χ4n) is 3.92. The summed E-state index contributed by atoms with van der Waals surface area (Å²) >= 11 is 0. The summed E-state index contributed by atoms with van der Waals surface area (Å²) in [5.41, 5.74) is 2.58. The summed E-state index contributed by atoms with van der Waals surface area (Å²) in [5, 5.41) is 3.80. The first-order valence-corrected chi connectivity index (χ1v) is 9.93. The molecule has 0 bridgehead atoms. The lowest BCUT2D eigenvalue weighted by molar-refractivity contribution is -0.124. The Kier molecular flexibility index (Phi) is 5.37. The van der Waals surface area contributed by atoms with Crippen LogP contribution in [0.5, 0.6) is 11.5 Å². The van der Waals surface area contributed by atoms with Crippen molar-refractivity contribution in [2.45, 2.75) is 26.4 Å². The number of ether oxygens (including phenoxy) is 2. The molecule has 8 heteroatoms. The molecule has 160 valence electrons. The fraction of sp³-hybridized carbons (Fsp3) is 0.261. The van der Waals surface area contributed by atoms with Crippen LogP contribution < -0.4 is 20.3 Å². The van der Waals surface area contributed by atoms with Gasteiger partial charge in [-0.05, 0) is 32.0 Å². The third-order valence-corrected chi connectivity index (χ3v) is 5.37. The minimum atomic E-state index is -0.554. The van der Waals surface area contributed by atoms with Crippen LogP contribution in [0.25, 0.3) is 16.6 Å². The van der Waals surface area contributed by atoms with E-state index in [0.29, 0.717) is 22.8 Å². The van der Waals surface area contributed by atoms with Crippen molar-refractivity contribution in [1.82, 2.24) is 19.5 Å². The third kappa shape index (κ3) is 3.50. The molecule has 8 nitrogen and oxygen atoms in total. The van der Waals surface area contributed by atoms with Gasteiger partial charge in [0, 0.05) is 29.3 Å². The van der Waals surface area contributed by atoms with E-state index in [4.69, 9.17) is 9.47 Å². The highest BCUT2D eigenvalue weighted by atomic mass is 16.5. The van der Waals surface area contributed by atoms with E-state index in [0.717, 1.165) is 16.5 Å². The Hall–Kier alpha value is -3.81. The lowest BCUT2D eigenvalue weighted by Crippen LogP contribution is -2.32. The quantitative estimate of drug-likeness (QED) is 0.518. The highest BCUT2D eigenvalue weighted by Gasteiger charge is 2.22. The van der Waals surface area contributed by atoms with Gasteiger partial charge in [0.1, 0.15) is 6.04 Å². The van der Waals surface area contributed by atoms with E-state index < -0.39 is 6.04 Å². The van der Waals surface area contributed by atoms with Crippen LogP contribution in [-0.4, -0.2) is 34.3 Å². The molecule has 0 spiro atoms. The van der Waals surface area contributed by atoms with Crippen molar-refractivity contribution in [2.24, 2.45) is 0 Å². The molecule has 0 aliphatic heterocycles. The number of aromatic nitrogens is 3. The number of carbonyl (C=O) groups excluding carboxylic acids is 1. The molecule has 1 atom stereocenters. The Morgan fingerprint density at radius 2 is 1.90 bits per heavy atom. The predicted octanol–water partition coefficient (Wildman–Crippen LogP) is 2.85. The van der Waals surface area contributed by atoms with Gasteiger partial charge in [-0.25, -0.2) is 4.52 Å². The molecule has 2 heterocycles. The summed E-state index contributed by atoms with van der Waals surface area (Å²) in [6.07, 6.45) is 0. The van der Waals surface area contributed by atoms with Crippen molar-refractivity contribution < 1.29 is 14.3 Å².